The van der Waals surface area contributed by atoms with Gasteiger partial charge in [-0.2, -0.15) is 0 Å². The highest BCUT2D eigenvalue weighted by Gasteiger charge is 2.12. The Kier molecular flexibility index (Phi) is 1.44. The van der Waals surface area contributed by atoms with Crippen LogP contribution in [-0.2, 0) is 0 Å². The van der Waals surface area contributed by atoms with Gasteiger partial charge in [0, 0.05) is 17.3 Å². The molecule has 3 rings (SSSR count). The molecule has 1 aromatic heterocycles. The van der Waals surface area contributed by atoms with Crippen molar-refractivity contribution in [3.05, 3.63) is 43.2 Å². The zero-order valence-corrected chi connectivity index (χ0v) is 7.32. The molecule has 1 aromatic rings. The number of imidazole rings is 1. The Labute approximate surface area is 80.7 Å². The summed E-state index contributed by atoms with van der Waals surface area (Å²) < 4.78 is 5.14. The SMILES string of the molecule is [c]1nc(-c2ccc3ccocc2-3)c[nH]1. The zero-order chi connectivity index (χ0) is 9.38. The first-order valence-corrected chi connectivity index (χ1v) is 4.32. The first kappa shape index (κ1) is 7.38. The molecule has 3 nitrogen and oxygen atoms in total. The Morgan fingerprint density at radius 2 is 2.21 bits per heavy atom. The molecule has 0 aromatic carbocycles. The van der Waals surface area contributed by atoms with Gasteiger partial charge in [0.05, 0.1) is 18.2 Å². The standard InChI is InChI=1S/C11H7N2O/c1-2-9(11-5-12-7-13-11)10-6-14-4-3-8(1)10/h1-6H,(H,12,13). The van der Waals surface area contributed by atoms with Crippen LogP contribution in [0.3, 0.4) is 0 Å². The maximum absolute atomic E-state index is 5.14. The van der Waals surface area contributed by atoms with Gasteiger partial charge in [-0.3, -0.25) is 0 Å². The van der Waals surface area contributed by atoms with Crippen molar-refractivity contribution in [1.29, 1.82) is 0 Å². The molecule has 2 aliphatic rings. The summed E-state index contributed by atoms with van der Waals surface area (Å²) in [4.78, 5) is 6.90. The molecule has 1 aliphatic carbocycles. The number of fused-ring (bicyclic) bond motifs is 1. The van der Waals surface area contributed by atoms with E-state index in [-0.39, 0.29) is 0 Å². The smallest absolute Gasteiger partial charge is 0.174 e. The molecule has 3 heteroatoms. The fraction of sp³-hybridized carbons (Fsp3) is 0. The van der Waals surface area contributed by atoms with E-state index in [0.29, 0.717) is 0 Å². The molecule has 1 aliphatic heterocycles. The van der Waals surface area contributed by atoms with E-state index >= 15 is 0 Å². The fourth-order valence-corrected chi connectivity index (χ4v) is 1.59. The van der Waals surface area contributed by atoms with E-state index in [1.54, 1.807) is 12.5 Å². The van der Waals surface area contributed by atoms with E-state index in [4.69, 9.17) is 4.42 Å². The van der Waals surface area contributed by atoms with Gasteiger partial charge in [0.2, 0.25) is 0 Å². The molecular weight excluding hydrogens is 176 g/mol. The first-order chi connectivity index (χ1) is 6.95. The van der Waals surface area contributed by atoms with E-state index in [0.717, 1.165) is 22.4 Å². The van der Waals surface area contributed by atoms with Gasteiger partial charge in [0.1, 0.15) is 0 Å². The minimum Gasteiger partial charge on any atom is -0.472 e. The number of rotatable bonds is 1. The predicted molar refractivity (Wildman–Crippen MR) is 51.7 cm³/mol. The summed E-state index contributed by atoms with van der Waals surface area (Å²) in [6.07, 6.45) is 7.90. The van der Waals surface area contributed by atoms with Gasteiger partial charge in [-0.15, -0.1) is 0 Å². The van der Waals surface area contributed by atoms with Crippen LogP contribution in [0.1, 0.15) is 0 Å². The number of nitrogens with zero attached hydrogens (tertiary/aromatic N) is 1. The monoisotopic (exact) mass is 183 g/mol. The van der Waals surface area contributed by atoms with E-state index in [2.05, 4.69) is 22.4 Å². The number of nitrogens with one attached hydrogen (secondary N) is 1. The molecule has 0 saturated heterocycles. The summed E-state index contributed by atoms with van der Waals surface area (Å²) in [6.45, 7) is 0. The molecule has 0 saturated carbocycles. The lowest BCUT2D eigenvalue weighted by Gasteiger charge is -1.98. The third-order valence-corrected chi connectivity index (χ3v) is 2.27. The third-order valence-electron chi connectivity index (χ3n) is 2.27. The highest BCUT2D eigenvalue weighted by molar-refractivity contribution is 5.83. The summed E-state index contributed by atoms with van der Waals surface area (Å²) in [5.74, 6) is 0. The summed E-state index contributed by atoms with van der Waals surface area (Å²) in [5.41, 5.74) is 4.20. The fourth-order valence-electron chi connectivity index (χ4n) is 1.59. The maximum atomic E-state index is 5.14. The van der Waals surface area contributed by atoms with Crippen LogP contribution in [0.5, 0.6) is 0 Å². The Morgan fingerprint density at radius 1 is 1.21 bits per heavy atom. The lowest BCUT2D eigenvalue weighted by atomic mass is 10.1. The van der Waals surface area contributed by atoms with Crippen LogP contribution < -0.4 is 0 Å². The van der Waals surface area contributed by atoms with Crippen molar-refractivity contribution in [2.75, 3.05) is 0 Å². The lowest BCUT2D eigenvalue weighted by molar-refractivity contribution is 0.552. The summed E-state index contributed by atoms with van der Waals surface area (Å²) >= 11 is 0. The minimum atomic E-state index is 0.890. The summed E-state index contributed by atoms with van der Waals surface area (Å²) in [5, 5.41) is 0. The topological polar surface area (TPSA) is 41.8 Å². The van der Waals surface area contributed by atoms with Crippen LogP contribution in [0.2, 0.25) is 0 Å². The van der Waals surface area contributed by atoms with Gasteiger partial charge in [-0.05, 0) is 11.6 Å². The Hall–Kier alpha value is -2.03. The van der Waals surface area contributed by atoms with Crippen molar-refractivity contribution < 1.29 is 4.42 Å². The number of aromatic nitrogens is 2. The van der Waals surface area contributed by atoms with Crippen molar-refractivity contribution in [2.24, 2.45) is 0 Å². The molecule has 0 atom stereocenters. The van der Waals surface area contributed by atoms with Crippen molar-refractivity contribution >= 4 is 0 Å². The normalized spacial score (nSPS) is 10.9. The Bertz CT molecular complexity index is 510. The molecule has 0 unspecified atom stereocenters. The molecule has 2 heterocycles. The number of H-pyrrole nitrogens is 1. The second kappa shape index (κ2) is 2.73. The molecular formula is C11H7N2O. The molecule has 0 amide bonds. The van der Waals surface area contributed by atoms with Crippen LogP contribution in [0.4, 0.5) is 0 Å². The van der Waals surface area contributed by atoms with Gasteiger partial charge >= 0.3 is 0 Å². The molecule has 14 heavy (non-hydrogen) atoms. The van der Waals surface area contributed by atoms with Crippen LogP contribution in [-0.4, -0.2) is 9.97 Å². The third kappa shape index (κ3) is 0.956. The van der Waals surface area contributed by atoms with Crippen molar-refractivity contribution in [3.8, 4) is 22.4 Å². The van der Waals surface area contributed by atoms with E-state index in [1.165, 1.54) is 0 Å². The predicted octanol–water partition coefficient (Wildman–Crippen LogP) is 2.57. The van der Waals surface area contributed by atoms with Crippen LogP contribution in [0.25, 0.3) is 22.4 Å². The van der Waals surface area contributed by atoms with Crippen molar-refractivity contribution in [2.45, 2.75) is 0 Å². The van der Waals surface area contributed by atoms with E-state index < -0.39 is 0 Å². The van der Waals surface area contributed by atoms with Gasteiger partial charge < -0.3 is 9.40 Å². The highest BCUT2D eigenvalue weighted by atomic mass is 16.3. The van der Waals surface area contributed by atoms with Crippen LogP contribution in [0, 0.1) is 6.33 Å². The van der Waals surface area contributed by atoms with Crippen LogP contribution in [0.15, 0.2) is 41.3 Å². The molecule has 1 radical (unpaired) electrons. The Balaban J connectivity index is 2.25. The Morgan fingerprint density at radius 3 is 3.07 bits per heavy atom. The average molecular weight is 183 g/mol. The van der Waals surface area contributed by atoms with Gasteiger partial charge in [0.25, 0.3) is 0 Å². The quantitative estimate of drug-likeness (QED) is 0.630. The number of hydrogen-bond acceptors (Lipinski definition) is 2. The molecule has 0 bridgehead atoms. The summed E-state index contributed by atoms with van der Waals surface area (Å²) in [6, 6.07) is 6.02. The number of hydrogen-bond donors (Lipinski definition) is 1. The zero-order valence-electron chi connectivity index (χ0n) is 7.32. The molecule has 1 N–H and O–H groups in total. The molecule has 0 spiro atoms. The largest absolute Gasteiger partial charge is 0.472 e. The lowest BCUT2D eigenvalue weighted by Crippen LogP contribution is -1.77. The van der Waals surface area contributed by atoms with Crippen LogP contribution >= 0.6 is 0 Å². The van der Waals surface area contributed by atoms with Crippen molar-refractivity contribution in [1.82, 2.24) is 9.97 Å². The van der Waals surface area contributed by atoms with E-state index in [1.807, 2.05) is 18.3 Å². The maximum Gasteiger partial charge on any atom is 0.174 e. The molecule has 0 fully saturated rings. The second-order valence-electron chi connectivity index (χ2n) is 3.07. The highest BCUT2D eigenvalue weighted by Crippen LogP contribution is 2.33. The van der Waals surface area contributed by atoms with Gasteiger partial charge in [0.15, 0.2) is 6.33 Å². The second-order valence-corrected chi connectivity index (χ2v) is 3.07. The summed E-state index contributed by atoms with van der Waals surface area (Å²) in [7, 11) is 0. The first-order valence-electron chi connectivity index (χ1n) is 4.32. The average Bonchev–Trinajstić information content (AvgIpc) is 2.85. The minimum absolute atomic E-state index is 0.890. The van der Waals surface area contributed by atoms with Crippen molar-refractivity contribution in [3.63, 3.8) is 0 Å². The number of aromatic amines is 1. The van der Waals surface area contributed by atoms with Gasteiger partial charge in [-0.25, -0.2) is 4.98 Å². The van der Waals surface area contributed by atoms with Gasteiger partial charge in [-0.1, -0.05) is 12.1 Å². The van der Waals surface area contributed by atoms with E-state index in [9.17, 15) is 0 Å². The molecule has 67 valence electrons.